The second kappa shape index (κ2) is 6.81. The molecule has 0 radical (unpaired) electrons. The van der Waals surface area contributed by atoms with Crippen molar-refractivity contribution in [3.8, 4) is 11.8 Å². The molecule has 134 valence electrons. The number of amides is 1. The van der Waals surface area contributed by atoms with E-state index in [2.05, 4.69) is 16.4 Å². The molecular weight excluding hydrogens is 348 g/mol. The summed E-state index contributed by atoms with van der Waals surface area (Å²) in [5, 5.41) is 14.7. The van der Waals surface area contributed by atoms with Crippen molar-refractivity contribution in [2.75, 3.05) is 11.9 Å². The van der Waals surface area contributed by atoms with Gasteiger partial charge in [-0.05, 0) is 35.4 Å². The van der Waals surface area contributed by atoms with Gasteiger partial charge in [0.2, 0.25) is 0 Å². The molecule has 6 nitrogen and oxygen atoms in total. The van der Waals surface area contributed by atoms with Crippen molar-refractivity contribution >= 4 is 27.9 Å². The number of nitrogens with one attached hydrogen (secondary N) is 1. The number of carbonyl (C=O) groups is 1. The molecule has 3 aromatic heterocycles. The van der Waals surface area contributed by atoms with Gasteiger partial charge in [0.05, 0.1) is 11.3 Å². The topological polar surface area (TPSA) is 79.4 Å². The quantitative estimate of drug-likeness (QED) is 0.758. The summed E-state index contributed by atoms with van der Waals surface area (Å²) >= 11 is 1.36. The van der Waals surface area contributed by atoms with E-state index in [1.807, 2.05) is 55.9 Å². The highest BCUT2D eigenvalue weighted by Gasteiger charge is 2.23. The summed E-state index contributed by atoms with van der Waals surface area (Å²) in [7, 11) is 0. The van der Waals surface area contributed by atoms with E-state index in [-0.39, 0.29) is 17.9 Å². The smallest absolute Gasteiger partial charge is 0.262 e. The summed E-state index contributed by atoms with van der Waals surface area (Å²) in [5.41, 5.74) is 2.83. The second-order valence-corrected chi connectivity index (χ2v) is 7.92. The third-order valence-electron chi connectivity index (χ3n) is 3.89. The summed E-state index contributed by atoms with van der Waals surface area (Å²) in [4.78, 5) is 16.7. The van der Waals surface area contributed by atoms with Crippen molar-refractivity contribution in [1.29, 1.82) is 5.26 Å². The van der Waals surface area contributed by atoms with Gasteiger partial charge in [-0.1, -0.05) is 20.8 Å². The Morgan fingerprint density at radius 3 is 2.92 bits per heavy atom. The number of hydrogen-bond donors (Lipinski definition) is 1. The van der Waals surface area contributed by atoms with Crippen molar-refractivity contribution < 1.29 is 9.53 Å². The maximum absolute atomic E-state index is 12.3. The van der Waals surface area contributed by atoms with Crippen molar-refractivity contribution in [2.45, 2.75) is 33.1 Å². The fourth-order valence-corrected chi connectivity index (χ4v) is 3.79. The Morgan fingerprint density at radius 2 is 2.23 bits per heavy atom. The number of thiophene rings is 1. The Labute approximate surface area is 156 Å². The van der Waals surface area contributed by atoms with Crippen LogP contribution in [0.2, 0.25) is 0 Å². The first-order chi connectivity index (χ1) is 12.3. The molecule has 7 heteroatoms. The molecule has 3 aromatic rings. The van der Waals surface area contributed by atoms with Crippen molar-refractivity contribution in [3.63, 3.8) is 0 Å². The van der Waals surface area contributed by atoms with E-state index in [1.165, 1.54) is 11.3 Å². The van der Waals surface area contributed by atoms with Gasteiger partial charge in [-0.15, -0.1) is 11.3 Å². The van der Waals surface area contributed by atoms with Crippen LogP contribution in [0, 0.1) is 18.3 Å². The molecule has 0 aromatic carbocycles. The number of ether oxygens (including phenoxy) is 1. The monoisotopic (exact) mass is 368 g/mol. The number of aryl methyl sites for hydroxylation is 1. The molecule has 0 unspecified atom stereocenters. The van der Waals surface area contributed by atoms with Crippen molar-refractivity contribution in [3.05, 3.63) is 46.7 Å². The third-order valence-corrected chi connectivity index (χ3v) is 4.79. The minimum absolute atomic E-state index is 0.154. The van der Waals surface area contributed by atoms with Gasteiger partial charge in [-0.2, -0.15) is 5.26 Å². The predicted octanol–water partition coefficient (Wildman–Crippen LogP) is 3.89. The standard InChI is InChI=1S/C19H20N4O2S/c1-12-9-23-7-5-6-15(17(23)21-12)25-10-16(24)22-18-13(8-20)14(11-26-18)19(2,3)4/h5-7,9,11H,10H2,1-4H3,(H,22,24). The van der Waals surface area contributed by atoms with Gasteiger partial charge in [0.15, 0.2) is 18.0 Å². The predicted molar refractivity (Wildman–Crippen MR) is 102 cm³/mol. The lowest BCUT2D eigenvalue weighted by atomic mass is 9.86. The highest BCUT2D eigenvalue weighted by Crippen LogP contribution is 2.35. The number of nitrogens with zero attached hydrogens (tertiary/aromatic N) is 3. The van der Waals surface area contributed by atoms with Crippen LogP contribution in [-0.4, -0.2) is 21.9 Å². The molecule has 0 atom stereocenters. The van der Waals surface area contributed by atoms with Crippen molar-refractivity contribution in [2.24, 2.45) is 0 Å². The van der Waals surface area contributed by atoms with E-state index in [1.54, 1.807) is 6.07 Å². The Hall–Kier alpha value is -2.85. The molecule has 3 heterocycles. The van der Waals surface area contributed by atoms with Crippen LogP contribution < -0.4 is 10.1 Å². The van der Waals surface area contributed by atoms with Gasteiger partial charge < -0.3 is 14.5 Å². The van der Waals surface area contributed by atoms with Crippen LogP contribution in [0.5, 0.6) is 5.75 Å². The van der Waals surface area contributed by atoms with Crippen LogP contribution in [0.4, 0.5) is 5.00 Å². The Balaban J connectivity index is 1.72. The Bertz CT molecular complexity index is 1000. The highest BCUT2D eigenvalue weighted by atomic mass is 32.1. The molecular formula is C19H20N4O2S. The summed E-state index contributed by atoms with van der Waals surface area (Å²) in [6.07, 6.45) is 3.77. The zero-order valence-electron chi connectivity index (χ0n) is 15.2. The molecule has 0 saturated carbocycles. The summed E-state index contributed by atoms with van der Waals surface area (Å²) in [6, 6.07) is 5.81. The van der Waals surface area contributed by atoms with Gasteiger partial charge in [-0.3, -0.25) is 4.79 Å². The molecule has 0 saturated heterocycles. The number of aromatic nitrogens is 2. The van der Waals surface area contributed by atoms with E-state index in [4.69, 9.17) is 4.74 Å². The number of nitriles is 1. The minimum atomic E-state index is -0.311. The number of fused-ring (bicyclic) bond motifs is 1. The fourth-order valence-electron chi connectivity index (χ4n) is 2.64. The zero-order valence-corrected chi connectivity index (χ0v) is 16.0. The number of rotatable bonds is 4. The molecule has 1 N–H and O–H groups in total. The molecule has 0 fully saturated rings. The first-order valence-electron chi connectivity index (χ1n) is 8.18. The van der Waals surface area contributed by atoms with Crippen LogP contribution in [0.15, 0.2) is 29.9 Å². The first kappa shape index (κ1) is 18.0. The lowest BCUT2D eigenvalue weighted by Crippen LogP contribution is -2.20. The minimum Gasteiger partial charge on any atom is -0.480 e. The van der Waals surface area contributed by atoms with Crippen LogP contribution in [0.1, 0.15) is 37.6 Å². The van der Waals surface area contributed by atoms with E-state index < -0.39 is 0 Å². The summed E-state index contributed by atoms with van der Waals surface area (Å²) in [6.45, 7) is 7.86. The third kappa shape index (κ3) is 3.55. The van der Waals surface area contributed by atoms with Gasteiger partial charge in [0.25, 0.3) is 5.91 Å². The molecule has 3 rings (SSSR count). The fraction of sp³-hybridized carbons (Fsp3) is 0.316. The van der Waals surface area contributed by atoms with E-state index in [0.717, 1.165) is 11.3 Å². The molecule has 1 amide bonds. The molecule has 0 aliphatic rings. The number of anilines is 1. The highest BCUT2D eigenvalue weighted by molar-refractivity contribution is 7.14. The largest absolute Gasteiger partial charge is 0.480 e. The number of hydrogen-bond acceptors (Lipinski definition) is 5. The van der Waals surface area contributed by atoms with E-state index in [9.17, 15) is 10.1 Å². The molecule has 0 aliphatic carbocycles. The number of imidazole rings is 1. The first-order valence-corrected chi connectivity index (χ1v) is 9.06. The molecule has 0 bridgehead atoms. The summed E-state index contributed by atoms with van der Waals surface area (Å²) < 4.78 is 7.49. The van der Waals surface area contributed by atoms with Crippen LogP contribution in [-0.2, 0) is 10.2 Å². The Morgan fingerprint density at radius 1 is 1.46 bits per heavy atom. The Kier molecular flexibility index (Phi) is 4.70. The maximum Gasteiger partial charge on any atom is 0.262 e. The van der Waals surface area contributed by atoms with Crippen LogP contribution in [0.3, 0.4) is 0 Å². The van der Waals surface area contributed by atoms with Gasteiger partial charge >= 0.3 is 0 Å². The number of carbonyl (C=O) groups excluding carboxylic acids is 1. The average Bonchev–Trinajstić information content (AvgIpc) is 3.14. The van der Waals surface area contributed by atoms with Gasteiger partial charge in [0, 0.05) is 12.4 Å². The summed E-state index contributed by atoms with van der Waals surface area (Å²) in [5.74, 6) is 0.229. The SMILES string of the molecule is Cc1cn2cccc(OCC(=O)Nc3scc(C(C)(C)C)c3C#N)c2n1. The van der Waals surface area contributed by atoms with E-state index in [0.29, 0.717) is 22.0 Å². The average molecular weight is 368 g/mol. The number of pyridine rings is 1. The van der Waals surface area contributed by atoms with E-state index >= 15 is 0 Å². The lowest BCUT2D eigenvalue weighted by Gasteiger charge is -2.17. The van der Waals surface area contributed by atoms with Crippen LogP contribution in [0.25, 0.3) is 5.65 Å². The zero-order chi connectivity index (χ0) is 18.9. The van der Waals surface area contributed by atoms with Gasteiger partial charge in [-0.25, -0.2) is 4.98 Å². The van der Waals surface area contributed by atoms with Crippen molar-refractivity contribution in [1.82, 2.24) is 9.38 Å². The second-order valence-electron chi connectivity index (χ2n) is 7.04. The normalized spacial score (nSPS) is 11.3. The molecule has 0 aliphatic heterocycles. The lowest BCUT2D eigenvalue weighted by molar-refractivity contribution is -0.118. The van der Waals surface area contributed by atoms with Gasteiger partial charge in [0.1, 0.15) is 11.1 Å². The molecule has 0 spiro atoms. The van der Waals surface area contributed by atoms with Crippen LogP contribution >= 0.6 is 11.3 Å². The molecule has 26 heavy (non-hydrogen) atoms. The maximum atomic E-state index is 12.3.